The van der Waals surface area contributed by atoms with Crippen LogP contribution in [0.1, 0.15) is 37.4 Å². The first-order chi connectivity index (χ1) is 8.57. The van der Waals surface area contributed by atoms with Crippen LogP contribution in [0.4, 0.5) is 0 Å². The van der Waals surface area contributed by atoms with Crippen LogP contribution in [-0.4, -0.2) is 4.98 Å². The summed E-state index contributed by atoms with van der Waals surface area (Å²) in [7, 11) is 0. The summed E-state index contributed by atoms with van der Waals surface area (Å²) in [6.45, 7) is 4.32. The van der Waals surface area contributed by atoms with Gasteiger partial charge < -0.3 is 5.73 Å². The second kappa shape index (κ2) is 4.06. The van der Waals surface area contributed by atoms with Gasteiger partial charge in [-0.15, -0.1) is 0 Å². The van der Waals surface area contributed by atoms with Gasteiger partial charge in [-0.25, -0.2) is 0 Å². The number of fused-ring (bicyclic) bond motifs is 1. The molecule has 0 bridgehead atoms. The van der Waals surface area contributed by atoms with Crippen molar-refractivity contribution in [1.29, 1.82) is 0 Å². The maximum Gasteiger partial charge on any atom is 0.0705 e. The fourth-order valence-electron chi connectivity index (χ4n) is 3.13. The lowest BCUT2D eigenvalue weighted by atomic mass is 9.88. The van der Waals surface area contributed by atoms with Gasteiger partial charge in [0.2, 0.25) is 0 Å². The van der Waals surface area contributed by atoms with E-state index in [2.05, 4.69) is 42.2 Å². The molecule has 94 valence electrons. The molecule has 0 radical (unpaired) electrons. The van der Waals surface area contributed by atoms with Crippen LogP contribution >= 0.6 is 0 Å². The summed E-state index contributed by atoms with van der Waals surface area (Å²) >= 11 is 0. The number of aryl methyl sites for hydroxylation is 1. The van der Waals surface area contributed by atoms with Crippen LogP contribution in [0.3, 0.4) is 0 Å². The van der Waals surface area contributed by atoms with Crippen LogP contribution < -0.4 is 5.73 Å². The van der Waals surface area contributed by atoms with Gasteiger partial charge in [0, 0.05) is 16.6 Å². The van der Waals surface area contributed by atoms with Crippen molar-refractivity contribution >= 4 is 10.9 Å². The van der Waals surface area contributed by atoms with Crippen LogP contribution in [0, 0.1) is 12.8 Å². The molecule has 0 amide bonds. The summed E-state index contributed by atoms with van der Waals surface area (Å²) in [5.41, 5.74) is 9.84. The molecular weight excluding hydrogens is 220 g/mol. The van der Waals surface area contributed by atoms with E-state index < -0.39 is 0 Å². The van der Waals surface area contributed by atoms with Crippen molar-refractivity contribution in [3.05, 3.63) is 41.6 Å². The highest BCUT2D eigenvalue weighted by Crippen LogP contribution is 2.40. The molecule has 2 heteroatoms. The van der Waals surface area contributed by atoms with Crippen molar-refractivity contribution in [2.24, 2.45) is 11.7 Å². The molecular formula is C16H20N2. The molecule has 1 heterocycles. The molecule has 2 aromatic rings. The summed E-state index contributed by atoms with van der Waals surface area (Å²) in [6.07, 6.45) is 3.43. The molecule has 1 fully saturated rings. The quantitative estimate of drug-likeness (QED) is 0.828. The van der Waals surface area contributed by atoms with Gasteiger partial charge in [0.25, 0.3) is 0 Å². The average molecular weight is 240 g/mol. The third kappa shape index (κ3) is 1.91. The Morgan fingerprint density at radius 2 is 2.11 bits per heavy atom. The highest BCUT2D eigenvalue weighted by atomic mass is 14.8. The minimum Gasteiger partial charge on any atom is -0.321 e. The molecule has 1 aromatic carbocycles. The zero-order valence-corrected chi connectivity index (χ0v) is 11.1. The van der Waals surface area contributed by atoms with E-state index in [0.29, 0.717) is 0 Å². The minimum absolute atomic E-state index is 0.126. The van der Waals surface area contributed by atoms with E-state index >= 15 is 0 Å². The topological polar surface area (TPSA) is 38.9 Å². The van der Waals surface area contributed by atoms with Gasteiger partial charge in [0.05, 0.1) is 5.52 Å². The largest absolute Gasteiger partial charge is 0.321 e. The van der Waals surface area contributed by atoms with E-state index in [9.17, 15) is 0 Å². The first-order valence-corrected chi connectivity index (χ1v) is 6.74. The third-order valence-electron chi connectivity index (χ3n) is 4.20. The van der Waals surface area contributed by atoms with Crippen LogP contribution in [0.5, 0.6) is 0 Å². The fourth-order valence-corrected chi connectivity index (χ4v) is 3.13. The third-order valence-corrected chi connectivity index (χ3v) is 4.20. The van der Waals surface area contributed by atoms with Gasteiger partial charge in [0.1, 0.15) is 0 Å². The molecule has 1 aromatic heterocycles. The van der Waals surface area contributed by atoms with E-state index in [1.54, 1.807) is 0 Å². The normalized spacial score (nSPS) is 27.8. The number of rotatable bonds is 1. The van der Waals surface area contributed by atoms with Gasteiger partial charge in [-0.1, -0.05) is 19.1 Å². The second-order valence-corrected chi connectivity index (χ2v) is 5.86. The molecule has 2 N–H and O–H groups in total. The molecule has 2 unspecified atom stereocenters. The van der Waals surface area contributed by atoms with E-state index in [-0.39, 0.29) is 5.54 Å². The molecule has 1 aliphatic rings. The zero-order valence-electron chi connectivity index (χ0n) is 11.1. The van der Waals surface area contributed by atoms with Gasteiger partial charge >= 0.3 is 0 Å². The van der Waals surface area contributed by atoms with Crippen LogP contribution in [0.2, 0.25) is 0 Å². The lowest BCUT2D eigenvalue weighted by Crippen LogP contribution is -2.33. The first-order valence-electron chi connectivity index (χ1n) is 6.74. The molecule has 2 atom stereocenters. The Balaban J connectivity index is 2.06. The van der Waals surface area contributed by atoms with Crippen molar-refractivity contribution < 1.29 is 0 Å². The van der Waals surface area contributed by atoms with Gasteiger partial charge in [-0.2, -0.15) is 0 Å². The van der Waals surface area contributed by atoms with Crippen molar-refractivity contribution in [2.45, 2.75) is 38.6 Å². The maximum atomic E-state index is 6.57. The molecule has 3 rings (SSSR count). The highest BCUT2D eigenvalue weighted by molar-refractivity contribution is 5.79. The smallest absolute Gasteiger partial charge is 0.0705 e. The predicted octanol–water partition coefficient (Wildman–Crippen LogP) is 3.52. The van der Waals surface area contributed by atoms with Gasteiger partial charge in [-0.3, -0.25) is 4.98 Å². The minimum atomic E-state index is -0.126. The Bertz CT molecular complexity index is 591. The van der Waals surface area contributed by atoms with Crippen molar-refractivity contribution in [1.82, 2.24) is 4.98 Å². The van der Waals surface area contributed by atoms with E-state index in [4.69, 9.17) is 5.73 Å². The fraction of sp³-hybridized carbons (Fsp3) is 0.438. The summed E-state index contributed by atoms with van der Waals surface area (Å²) in [4.78, 5) is 4.54. The standard InChI is InChI=1S/C16H20N2/c1-11-7-8-16(17,10-11)14-5-6-15-13(9-14)4-3-12(2)18-15/h3-6,9,11H,7-8,10,17H2,1-2H3. The van der Waals surface area contributed by atoms with E-state index in [1.165, 1.54) is 17.4 Å². The average Bonchev–Trinajstić information content (AvgIpc) is 2.70. The predicted molar refractivity (Wildman–Crippen MR) is 75.4 cm³/mol. The lowest BCUT2D eigenvalue weighted by Gasteiger charge is -2.25. The number of benzene rings is 1. The number of hydrogen-bond acceptors (Lipinski definition) is 2. The summed E-state index contributed by atoms with van der Waals surface area (Å²) < 4.78 is 0. The lowest BCUT2D eigenvalue weighted by molar-refractivity contribution is 0.441. The summed E-state index contributed by atoms with van der Waals surface area (Å²) in [6, 6.07) is 10.7. The Morgan fingerprint density at radius 3 is 2.83 bits per heavy atom. The monoisotopic (exact) mass is 240 g/mol. The summed E-state index contributed by atoms with van der Waals surface area (Å²) in [5.74, 6) is 0.738. The zero-order chi connectivity index (χ0) is 12.8. The van der Waals surface area contributed by atoms with Crippen molar-refractivity contribution in [3.63, 3.8) is 0 Å². The number of nitrogens with zero attached hydrogens (tertiary/aromatic N) is 1. The molecule has 0 aliphatic heterocycles. The Hall–Kier alpha value is -1.41. The van der Waals surface area contributed by atoms with Crippen LogP contribution in [0.15, 0.2) is 30.3 Å². The van der Waals surface area contributed by atoms with Gasteiger partial charge in [-0.05, 0) is 55.9 Å². The molecule has 0 spiro atoms. The number of aromatic nitrogens is 1. The Kier molecular flexibility index (Phi) is 2.63. The molecule has 1 aliphatic carbocycles. The van der Waals surface area contributed by atoms with Crippen LogP contribution in [0.25, 0.3) is 10.9 Å². The SMILES string of the molecule is Cc1ccc2cc(C3(N)CCC(C)C3)ccc2n1. The number of hydrogen-bond donors (Lipinski definition) is 1. The number of pyridine rings is 1. The summed E-state index contributed by atoms with van der Waals surface area (Å²) in [5, 5.41) is 1.20. The van der Waals surface area contributed by atoms with E-state index in [1.807, 2.05) is 6.92 Å². The van der Waals surface area contributed by atoms with Crippen LogP contribution in [-0.2, 0) is 5.54 Å². The second-order valence-electron chi connectivity index (χ2n) is 5.86. The molecule has 0 saturated heterocycles. The molecule has 18 heavy (non-hydrogen) atoms. The first kappa shape index (κ1) is 11.7. The van der Waals surface area contributed by atoms with Gasteiger partial charge in [0.15, 0.2) is 0 Å². The Morgan fingerprint density at radius 1 is 1.28 bits per heavy atom. The molecule has 1 saturated carbocycles. The number of nitrogens with two attached hydrogens (primary N) is 1. The Labute approximate surface area is 108 Å². The van der Waals surface area contributed by atoms with Crippen molar-refractivity contribution in [2.75, 3.05) is 0 Å². The van der Waals surface area contributed by atoms with E-state index in [0.717, 1.165) is 30.0 Å². The highest BCUT2D eigenvalue weighted by Gasteiger charge is 2.35. The van der Waals surface area contributed by atoms with Crippen molar-refractivity contribution in [3.8, 4) is 0 Å². The molecule has 2 nitrogen and oxygen atoms in total. The maximum absolute atomic E-state index is 6.57.